The molecule has 28 heavy (non-hydrogen) atoms. The van der Waals surface area contributed by atoms with Crippen LogP contribution < -0.4 is 5.32 Å². The maximum Gasteiger partial charge on any atom is 0.257 e. The average Bonchev–Trinajstić information content (AvgIpc) is 3.45. The van der Waals surface area contributed by atoms with Crippen LogP contribution in [-0.2, 0) is 22.5 Å². The number of nitrogens with one attached hydrogen (secondary N) is 1. The topological polar surface area (TPSA) is 76.5 Å². The van der Waals surface area contributed by atoms with Crippen LogP contribution >= 0.6 is 0 Å². The molecule has 4 heterocycles. The van der Waals surface area contributed by atoms with E-state index < -0.39 is 0 Å². The van der Waals surface area contributed by atoms with Gasteiger partial charge in [-0.05, 0) is 49.9 Å². The zero-order valence-electron chi connectivity index (χ0n) is 16.4. The van der Waals surface area contributed by atoms with Crippen LogP contribution in [0.3, 0.4) is 0 Å². The SMILES string of the molecule is O=C(CC1C2CCC1CN(C(=O)c1cnn3c1CCC3)C2)NCC1CCOC1. The molecule has 5 rings (SSSR count). The summed E-state index contributed by atoms with van der Waals surface area (Å²) in [6.45, 7) is 4.82. The van der Waals surface area contributed by atoms with E-state index in [1.807, 2.05) is 9.58 Å². The van der Waals surface area contributed by atoms with Crippen LogP contribution in [0.5, 0.6) is 0 Å². The molecule has 1 N–H and O–H groups in total. The second-order valence-electron chi connectivity index (χ2n) is 9.04. The number of hydrogen-bond acceptors (Lipinski definition) is 4. The summed E-state index contributed by atoms with van der Waals surface area (Å²) in [6, 6.07) is 0. The highest BCUT2D eigenvalue weighted by atomic mass is 16.5. The smallest absolute Gasteiger partial charge is 0.257 e. The average molecular weight is 386 g/mol. The first-order valence-electron chi connectivity index (χ1n) is 10.9. The Kier molecular flexibility index (Phi) is 4.87. The van der Waals surface area contributed by atoms with Crippen molar-refractivity contribution in [2.24, 2.45) is 23.7 Å². The Bertz CT molecular complexity index is 741. The highest BCUT2D eigenvalue weighted by Gasteiger charge is 2.44. The minimum atomic E-state index is 0.143. The summed E-state index contributed by atoms with van der Waals surface area (Å²) in [5.41, 5.74) is 1.90. The van der Waals surface area contributed by atoms with E-state index in [2.05, 4.69) is 10.4 Å². The van der Waals surface area contributed by atoms with Crippen LogP contribution in [0.4, 0.5) is 0 Å². The summed E-state index contributed by atoms with van der Waals surface area (Å²) in [5, 5.41) is 7.50. The first-order valence-corrected chi connectivity index (χ1v) is 10.9. The first kappa shape index (κ1) is 18.2. The molecule has 152 valence electrons. The van der Waals surface area contributed by atoms with Crippen LogP contribution in [0.1, 0.15) is 48.2 Å². The number of ether oxygens (including phenoxy) is 1. The van der Waals surface area contributed by atoms with Gasteiger partial charge in [-0.25, -0.2) is 0 Å². The number of likely N-dealkylation sites (tertiary alicyclic amines) is 1. The highest BCUT2D eigenvalue weighted by Crippen LogP contribution is 2.44. The fourth-order valence-corrected chi connectivity index (χ4v) is 5.74. The van der Waals surface area contributed by atoms with Gasteiger partial charge in [-0.1, -0.05) is 0 Å². The largest absolute Gasteiger partial charge is 0.381 e. The molecule has 1 aromatic rings. The van der Waals surface area contributed by atoms with Crippen molar-refractivity contribution in [1.29, 1.82) is 0 Å². The Morgan fingerprint density at radius 1 is 1.21 bits per heavy atom. The standard InChI is InChI=1S/C21H30N4O3/c26-20(22-9-14-5-7-28-13-14)8-17-15-3-4-16(17)12-24(11-15)21(27)18-10-23-25-6-1-2-19(18)25/h10,14-17H,1-9,11-13H2,(H,22,26). The zero-order valence-corrected chi connectivity index (χ0v) is 16.4. The van der Waals surface area contributed by atoms with Crippen molar-refractivity contribution in [3.63, 3.8) is 0 Å². The molecule has 2 saturated heterocycles. The molecule has 2 bridgehead atoms. The van der Waals surface area contributed by atoms with Gasteiger partial charge >= 0.3 is 0 Å². The third kappa shape index (κ3) is 3.34. The monoisotopic (exact) mass is 386 g/mol. The molecule has 3 fully saturated rings. The highest BCUT2D eigenvalue weighted by molar-refractivity contribution is 5.95. The Labute approximate surface area is 165 Å². The summed E-state index contributed by atoms with van der Waals surface area (Å²) in [6.07, 6.45) is 7.71. The molecule has 3 unspecified atom stereocenters. The quantitative estimate of drug-likeness (QED) is 0.831. The summed E-state index contributed by atoms with van der Waals surface area (Å²) < 4.78 is 7.36. The van der Waals surface area contributed by atoms with Gasteiger partial charge in [-0.3, -0.25) is 14.3 Å². The molecule has 1 aromatic heterocycles. The van der Waals surface area contributed by atoms with Crippen LogP contribution in [0.15, 0.2) is 6.20 Å². The molecule has 3 atom stereocenters. The number of aryl methyl sites for hydroxylation is 1. The Morgan fingerprint density at radius 3 is 2.79 bits per heavy atom. The van der Waals surface area contributed by atoms with E-state index in [1.165, 1.54) is 0 Å². The molecular weight excluding hydrogens is 356 g/mol. The van der Waals surface area contributed by atoms with E-state index in [9.17, 15) is 9.59 Å². The summed E-state index contributed by atoms with van der Waals surface area (Å²) >= 11 is 0. The summed E-state index contributed by atoms with van der Waals surface area (Å²) in [7, 11) is 0. The third-order valence-corrected chi connectivity index (χ3v) is 7.31. The molecule has 1 saturated carbocycles. The lowest BCUT2D eigenvalue weighted by molar-refractivity contribution is -0.123. The number of aromatic nitrogens is 2. The maximum absolute atomic E-state index is 13.1. The molecule has 3 aliphatic heterocycles. The fraction of sp³-hybridized carbons (Fsp3) is 0.762. The number of hydrogen-bond donors (Lipinski definition) is 1. The van der Waals surface area contributed by atoms with Gasteiger partial charge in [0.15, 0.2) is 0 Å². The number of nitrogens with zero attached hydrogens (tertiary/aromatic N) is 3. The predicted octanol–water partition coefficient (Wildman–Crippen LogP) is 1.47. The lowest BCUT2D eigenvalue weighted by Gasteiger charge is -2.38. The second kappa shape index (κ2) is 7.50. The molecule has 1 aliphatic carbocycles. The minimum absolute atomic E-state index is 0.143. The van der Waals surface area contributed by atoms with Crippen molar-refractivity contribution in [1.82, 2.24) is 20.0 Å². The lowest BCUT2D eigenvalue weighted by Crippen LogP contribution is -2.46. The van der Waals surface area contributed by atoms with E-state index in [0.717, 1.165) is 82.8 Å². The van der Waals surface area contributed by atoms with Crippen LogP contribution in [0, 0.1) is 23.7 Å². The molecule has 2 amide bonds. The van der Waals surface area contributed by atoms with Crippen LogP contribution in [0.25, 0.3) is 0 Å². The number of rotatable bonds is 5. The minimum Gasteiger partial charge on any atom is -0.381 e. The van der Waals surface area contributed by atoms with Crippen molar-refractivity contribution >= 4 is 11.8 Å². The summed E-state index contributed by atoms with van der Waals surface area (Å²) in [4.78, 5) is 27.6. The molecule has 7 nitrogen and oxygen atoms in total. The van der Waals surface area contributed by atoms with Crippen molar-refractivity contribution in [2.45, 2.75) is 45.1 Å². The Hall–Kier alpha value is -1.89. The predicted molar refractivity (Wildman–Crippen MR) is 103 cm³/mol. The van der Waals surface area contributed by atoms with Crippen molar-refractivity contribution < 1.29 is 14.3 Å². The van der Waals surface area contributed by atoms with Gasteiger partial charge < -0.3 is 15.0 Å². The molecule has 0 radical (unpaired) electrons. The third-order valence-electron chi connectivity index (χ3n) is 7.31. The van der Waals surface area contributed by atoms with Gasteiger partial charge in [0.25, 0.3) is 5.91 Å². The lowest BCUT2D eigenvalue weighted by atomic mass is 9.82. The van der Waals surface area contributed by atoms with E-state index in [-0.39, 0.29) is 11.8 Å². The molecule has 7 heteroatoms. The van der Waals surface area contributed by atoms with Crippen molar-refractivity contribution in [3.05, 3.63) is 17.5 Å². The van der Waals surface area contributed by atoms with Gasteiger partial charge in [0.1, 0.15) is 0 Å². The van der Waals surface area contributed by atoms with E-state index in [1.54, 1.807) is 6.20 Å². The molecule has 4 aliphatic rings. The zero-order chi connectivity index (χ0) is 19.1. The van der Waals surface area contributed by atoms with Gasteiger partial charge in [-0.2, -0.15) is 5.10 Å². The van der Waals surface area contributed by atoms with E-state index >= 15 is 0 Å². The number of carbonyl (C=O) groups excluding carboxylic acids is 2. The first-order chi connectivity index (χ1) is 13.7. The van der Waals surface area contributed by atoms with E-state index in [0.29, 0.717) is 30.1 Å². The van der Waals surface area contributed by atoms with Gasteiger partial charge in [0.2, 0.25) is 5.91 Å². The second-order valence-corrected chi connectivity index (χ2v) is 9.04. The van der Waals surface area contributed by atoms with Gasteiger partial charge in [0.05, 0.1) is 24.1 Å². The Morgan fingerprint density at radius 2 is 2.04 bits per heavy atom. The van der Waals surface area contributed by atoms with E-state index in [4.69, 9.17) is 4.74 Å². The molecule has 0 spiro atoms. The maximum atomic E-state index is 13.1. The normalized spacial score (nSPS) is 31.2. The van der Waals surface area contributed by atoms with Gasteiger partial charge in [0, 0.05) is 45.1 Å². The molecule has 0 aromatic carbocycles. The van der Waals surface area contributed by atoms with Crippen LogP contribution in [-0.4, -0.2) is 59.3 Å². The van der Waals surface area contributed by atoms with Crippen LogP contribution in [0.2, 0.25) is 0 Å². The number of carbonyl (C=O) groups is 2. The Balaban J connectivity index is 1.18. The van der Waals surface area contributed by atoms with Crippen molar-refractivity contribution in [2.75, 3.05) is 32.8 Å². The number of fused-ring (bicyclic) bond motifs is 3. The summed E-state index contributed by atoms with van der Waals surface area (Å²) in [5.74, 6) is 2.10. The number of amides is 2. The van der Waals surface area contributed by atoms with Crippen molar-refractivity contribution in [3.8, 4) is 0 Å². The van der Waals surface area contributed by atoms with Gasteiger partial charge in [-0.15, -0.1) is 0 Å². The fourth-order valence-electron chi connectivity index (χ4n) is 5.74. The number of piperidine rings is 1. The molecular formula is C21H30N4O3.